The average Bonchev–Trinajstić information content (AvgIpc) is 2.95. The number of nitrogens with zero attached hydrogens (tertiary/aromatic N) is 1. The number of hydrogen-bond donors (Lipinski definition) is 3. The van der Waals surface area contributed by atoms with E-state index in [4.69, 9.17) is 28.3 Å². The number of halogens is 2. The molecule has 0 spiro atoms. The second kappa shape index (κ2) is 11.8. The smallest absolute Gasteiger partial charge is 0.307 e. The molecule has 230 valence electrons. The van der Waals surface area contributed by atoms with Gasteiger partial charge in [-0.3, -0.25) is 14.4 Å². The van der Waals surface area contributed by atoms with Crippen LogP contribution in [0.4, 0.5) is 0 Å². The SMILES string of the molecule is CS(=O)(=O)N[C@H]1CCCC[C@@H]1N1C(=O)c2cccc3c2[C@@H](C(=O)NC3c2ccc(CC(=O)O)cc2)[C@@H]1c1ccc(Cl)cc1Cl. The van der Waals surface area contributed by atoms with Crippen LogP contribution in [0.1, 0.15) is 81.9 Å². The third-order valence-electron chi connectivity index (χ3n) is 8.81. The van der Waals surface area contributed by atoms with E-state index in [9.17, 15) is 22.8 Å². The normalized spacial score (nSPS) is 24.9. The molecule has 2 amide bonds. The zero-order chi connectivity index (χ0) is 31.3. The van der Waals surface area contributed by atoms with Crippen LogP contribution in [-0.4, -0.2) is 54.5 Å². The highest BCUT2D eigenvalue weighted by Crippen LogP contribution is 2.51. The number of benzene rings is 3. The van der Waals surface area contributed by atoms with Gasteiger partial charge in [-0.25, -0.2) is 13.1 Å². The molecule has 3 aromatic rings. The fourth-order valence-corrected chi connectivity index (χ4v) is 8.43. The van der Waals surface area contributed by atoms with Gasteiger partial charge < -0.3 is 15.3 Å². The summed E-state index contributed by atoms with van der Waals surface area (Å²) in [4.78, 5) is 41.7. The first kappa shape index (κ1) is 30.6. The van der Waals surface area contributed by atoms with Gasteiger partial charge in [0.15, 0.2) is 0 Å². The van der Waals surface area contributed by atoms with Crippen LogP contribution in [0.2, 0.25) is 10.0 Å². The van der Waals surface area contributed by atoms with Gasteiger partial charge in [-0.2, -0.15) is 0 Å². The summed E-state index contributed by atoms with van der Waals surface area (Å²) in [6.07, 6.45) is 3.68. The van der Waals surface area contributed by atoms with Gasteiger partial charge in [0.1, 0.15) is 0 Å². The second-order valence-electron chi connectivity index (χ2n) is 11.7. The molecule has 44 heavy (non-hydrogen) atoms. The van der Waals surface area contributed by atoms with E-state index in [1.165, 1.54) is 0 Å². The molecule has 3 aliphatic rings. The van der Waals surface area contributed by atoms with Crippen molar-refractivity contribution in [1.29, 1.82) is 0 Å². The molecular weight excluding hydrogens is 625 g/mol. The third-order valence-corrected chi connectivity index (χ3v) is 10.1. The molecule has 0 radical (unpaired) electrons. The molecule has 9 nitrogen and oxygen atoms in total. The van der Waals surface area contributed by atoms with Crippen LogP contribution < -0.4 is 10.0 Å². The molecule has 1 unspecified atom stereocenters. The Hall–Kier alpha value is -3.44. The summed E-state index contributed by atoms with van der Waals surface area (Å²) in [5.74, 6) is -2.38. The molecule has 5 atom stereocenters. The minimum atomic E-state index is -3.59. The lowest BCUT2D eigenvalue weighted by molar-refractivity contribution is -0.136. The van der Waals surface area contributed by atoms with E-state index in [2.05, 4.69) is 10.0 Å². The predicted molar refractivity (Wildman–Crippen MR) is 166 cm³/mol. The van der Waals surface area contributed by atoms with Crippen LogP contribution in [0.15, 0.2) is 60.7 Å². The maximum Gasteiger partial charge on any atom is 0.307 e. The summed E-state index contributed by atoms with van der Waals surface area (Å²) in [6.45, 7) is 0. The fourth-order valence-electron chi connectivity index (χ4n) is 7.09. The van der Waals surface area contributed by atoms with Crippen LogP contribution in [0.3, 0.4) is 0 Å². The van der Waals surface area contributed by atoms with E-state index in [1.54, 1.807) is 59.5 Å². The third kappa shape index (κ3) is 5.72. The molecule has 1 saturated carbocycles. The van der Waals surface area contributed by atoms with E-state index in [0.29, 0.717) is 45.1 Å². The zero-order valence-electron chi connectivity index (χ0n) is 23.8. The lowest BCUT2D eigenvalue weighted by Crippen LogP contribution is -2.60. The van der Waals surface area contributed by atoms with Crippen LogP contribution in [0.25, 0.3) is 0 Å². The Morgan fingerprint density at radius 2 is 1.75 bits per heavy atom. The molecule has 12 heteroatoms. The molecule has 3 aromatic carbocycles. The van der Waals surface area contributed by atoms with E-state index in [-0.39, 0.29) is 18.2 Å². The number of sulfonamides is 1. The van der Waals surface area contributed by atoms with Crippen LogP contribution in [0, 0.1) is 0 Å². The number of amides is 2. The topological polar surface area (TPSA) is 133 Å². The summed E-state index contributed by atoms with van der Waals surface area (Å²) in [7, 11) is -3.59. The Bertz CT molecular complexity index is 1760. The molecule has 6 rings (SSSR count). The number of rotatable bonds is 7. The van der Waals surface area contributed by atoms with Crippen molar-refractivity contribution < 1.29 is 27.9 Å². The lowest BCUT2D eigenvalue weighted by atomic mass is 9.71. The molecule has 0 bridgehead atoms. The van der Waals surface area contributed by atoms with Gasteiger partial charge in [0.05, 0.1) is 30.7 Å². The van der Waals surface area contributed by atoms with Gasteiger partial charge in [-0.05, 0) is 58.9 Å². The minimum Gasteiger partial charge on any atom is -0.481 e. The highest BCUT2D eigenvalue weighted by Gasteiger charge is 2.52. The monoisotopic (exact) mass is 655 g/mol. The molecule has 1 fully saturated rings. The Labute approximate surface area is 265 Å². The highest BCUT2D eigenvalue weighted by atomic mass is 35.5. The van der Waals surface area contributed by atoms with Crippen LogP contribution in [-0.2, 0) is 26.0 Å². The highest BCUT2D eigenvalue weighted by molar-refractivity contribution is 7.88. The van der Waals surface area contributed by atoms with Crippen molar-refractivity contribution in [3.05, 3.63) is 104 Å². The first-order valence-electron chi connectivity index (χ1n) is 14.4. The van der Waals surface area contributed by atoms with Gasteiger partial charge in [-0.1, -0.05) is 78.5 Å². The van der Waals surface area contributed by atoms with E-state index < -0.39 is 46.1 Å². The number of aliphatic carboxylic acids is 1. The first-order chi connectivity index (χ1) is 20.9. The van der Waals surface area contributed by atoms with Gasteiger partial charge in [0.25, 0.3) is 5.91 Å². The van der Waals surface area contributed by atoms with Crippen molar-refractivity contribution in [1.82, 2.24) is 14.9 Å². The van der Waals surface area contributed by atoms with Crippen molar-refractivity contribution in [3.8, 4) is 0 Å². The summed E-state index contributed by atoms with van der Waals surface area (Å²) in [5, 5.41) is 13.0. The zero-order valence-corrected chi connectivity index (χ0v) is 26.1. The molecule has 0 aromatic heterocycles. The van der Waals surface area contributed by atoms with Crippen molar-refractivity contribution in [2.24, 2.45) is 0 Å². The molecule has 3 N–H and O–H groups in total. The Morgan fingerprint density at radius 1 is 1.02 bits per heavy atom. The largest absolute Gasteiger partial charge is 0.481 e. The van der Waals surface area contributed by atoms with Gasteiger partial charge in [0.2, 0.25) is 15.9 Å². The van der Waals surface area contributed by atoms with E-state index >= 15 is 0 Å². The van der Waals surface area contributed by atoms with Crippen molar-refractivity contribution >= 4 is 51.0 Å². The lowest BCUT2D eigenvalue weighted by Gasteiger charge is -2.51. The van der Waals surface area contributed by atoms with Crippen molar-refractivity contribution in [2.75, 3.05) is 6.26 Å². The quantitative estimate of drug-likeness (QED) is 0.329. The number of hydrogen-bond acceptors (Lipinski definition) is 5. The number of carboxylic acids is 1. The van der Waals surface area contributed by atoms with Crippen LogP contribution in [0.5, 0.6) is 0 Å². The van der Waals surface area contributed by atoms with Gasteiger partial charge in [0, 0.05) is 27.7 Å². The second-order valence-corrected chi connectivity index (χ2v) is 14.3. The predicted octanol–water partition coefficient (Wildman–Crippen LogP) is 4.98. The minimum absolute atomic E-state index is 0.121. The molecule has 2 aliphatic heterocycles. The standard InChI is InChI=1S/C32H31Cl2N3O6S/c1-44(42,43)36-24-7-2-3-8-25(24)37-30(20-14-13-19(33)16-23(20)34)28-27-21(5-4-6-22(27)32(37)41)29(35-31(28)40)18-11-9-17(10-12-18)15-26(38)39/h4-6,9-14,16,24-25,28-30,36H,2-3,7-8,15H2,1H3,(H,35,40)(H,38,39)/t24-,25-,28+,29?,30-/m0/s1. The summed E-state index contributed by atoms with van der Waals surface area (Å²) in [5.41, 5.74) is 3.68. The summed E-state index contributed by atoms with van der Waals surface area (Å²) in [6, 6.07) is 14.9. The van der Waals surface area contributed by atoms with Crippen molar-refractivity contribution in [3.63, 3.8) is 0 Å². The van der Waals surface area contributed by atoms with Gasteiger partial charge >= 0.3 is 5.97 Å². The molecule has 1 aliphatic carbocycles. The molecular formula is C32H31Cl2N3O6S. The number of carbonyl (C=O) groups is 3. The molecule has 2 heterocycles. The maximum absolute atomic E-state index is 14.6. The average molecular weight is 657 g/mol. The molecule has 0 saturated heterocycles. The number of nitrogens with one attached hydrogen (secondary N) is 2. The summed E-state index contributed by atoms with van der Waals surface area (Å²) >= 11 is 13.0. The maximum atomic E-state index is 14.6. The van der Waals surface area contributed by atoms with E-state index in [0.717, 1.165) is 30.2 Å². The van der Waals surface area contributed by atoms with E-state index in [1.807, 2.05) is 6.07 Å². The Morgan fingerprint density at radius 3 is 2.43 bits per heavy atom. The van der Waals surface area contributed by atoms with Crippen molar-refractivity contribution in [2.45, 2.75) is 62.2 Å². The first-order valence-corrected chi connectivity index (χ1v) is 17.1. The Kier molecular flexibility index (Phi) is 8.21. The Balaban J connectivity index is 1.52. The number of carbonyl (C=O) groups excluding carboxylic acids is 2. The number of carboxylic acid groups (broad SMARTS) is 1. The fraction of sp³-hybridized carbons (Fsp3) is 0.344. The van der Waals surface area contributed by atoms with Gasteiger partial charge in [-0.15, -0.1) is 0 Å². The summed E-state index contributed by atoms with van der Waals surface area (Å²) < 4.78 is 27.5. The van der Waals surface area contributed by atoms with Crippen LogP contribution >= 0.6 is 23.2 Å².